The van der Waals surface area contributed by atoms with Crippen molar-refractivity contribution in [2.45, 2.75) is 53.4 Å². The Kier molecular flexibility index (Phi) is 5.74. The third kappa shape index (κ3) is 4.93. The van der Waals surface area contributed by atoms with Gasteiger partial charge in [0.2, 0.25) is 0 Å². The van der Waals surface area contributed by atoms with Crippen LogP contribution in [-0.2, 0) is 0 Å². The molecule has 0 aromatic heterocycles. The molecule has 0 heteroatoms. The van der Waals surface area contributed by atoms with Crippen LogP contribution in [0.4, 0.5) is 0 Å². The van der Waals surface area contributed by atoms with Crippen LogP contribution in [0.2, 0.25) is 0 Å². The van der Waals surface area contributed by atoms with Gasteiger partial charge in [-0.15, -0.1) is 0 Å². The lowest BCUT2D eigenvalue weighted by Crippen LogP contribution is -2.13. The third-order valence-corrected chi connectivity index (χ3v) is 3.25. The zero-order valence-corrected chi connectivity index (χ0v) is 12.0. The van der Waals surface area contributed by atoms with E-state index in [9.17, 15) is 0 Å². The molecule has 0 bridgehead atoms. The van der Waals surface area contributed by atoms with Gasteiger partial charge in [-0.1, -0.05) is 65.0 Å². The molecule has 0 N–H and O–H groups in total. The van der Waals surface area contributed by atoms with Crippen LogP contribution in [-0.4, -0.2) is 0 Å². The second kappa shape index (κ2) is 6.83. The van der Waals surface area contributed by atoms with Crippen molar-refractivity contribution in [1.82, 2.24) is 0 Å². The Morgan fingerprint density at radius 1 is 0.824 bits per heavy atom. The molecule has 1 unspecified atom stereocenters. The summed E-state index contributed by atoms with van der Waals surface area (Å²) in [4.78, 5) is 0. The third-order valence-electron chi connectivity index (χ3n) is 3.25. The average Bonchev–Trinajstić information content (AvgIpc) is 2.27. The van der Waals surface area contributed by atoms with Crippen molar-refractivity contribution in [3.05, 3.63) is 41.8 Å². The first-order valence-electron chi connectivity index (χ1n) is 6.90. The molecule has 1 aromatic carbocycles. The number of benzene rings is 1. The Hall–Kier alpha value is -0.780. The lowest BCUT2D eigenvalue weighted by atomic mass is 9.78. The summed E-state index contributed by atoms with van der Waals surface area (Å²) in [6.45, 7) is 11.6. The quantitative estimate of drug-likeness (QED) is 0.610. The second-order valence-electron chi connectivity index (χ2n) is 5.99. The second-order valence-corrected chi connectivity index (χ2v) is 5.99. The maximum atomic E-state index is 2.36. The van der Waals surface area contributed by atoms with Gasteiger partial charge in [0, 0.05) is 0 Å². The first kappa shape index (κ1) is 14.3. The van der Waals surface area contributed by atoms with E-state index >= 15 is 0 Å². The van der Waals surface area contributed by atoms with Gasteiger partial charge in [-0.05, 0) is 42.1 Å². The molecule has 0 fully saturated rings. The van der Waals surface area contributed by atoms with E-state index in [2.05, 4.69) is 65.0 Å². The van der Waals surface area contributed by atoms with E-state index in [1.165, 1.54) is 18.4 Å². The molecule has 0 saturated heterocycles. The van der Waals surface area contributed by atoms with E-state index in [0.717, 1.165) is 11.8 Å². The van der Waals surface area contributed by atoms with Crippen molar-refractivity contribution < 1.29 is 0 Å². The van der Waals surface area contributed by atoms with Gasteiger partial charge in [-0.2, -0.15) is 0 Å². The summed E-state index contributed by atoms with van der Waals surface area (Å²) in [5, 5.41) is 0. The van der Waals surface area contributed by atoms with E-state index in [1.807, 2.05) is 0 Å². The van der Waals surface area contributed by atoms with Crippen molar-refractivity contribution in [2.75, 3.05) is 0 Å². The number of hydrogen-bond donors (Lipinski definition) is 0. The molecule has 95 valence electrons. The SMILES string of the molecule is CC(C)C[C](CC(C)C)C(C)c1ccccc1. The first-order chi connectivity index (χ1) is 8.00. The molecule has 0 amide bonds. The molecule has 0 aliphatic rings. The maximum Gasteiger partial charge on any atom is -0.0128 e. The van der Waals surface area contributed by atoms with Gasteiger partial charge >= 0.3 is 0 Å². The van der Waals surface area contributed by atoms with Gasteiger partial charge in [0.15, 0.2) is 0 Å². The minimum absolute atomic E-state index is 0.598. The van der Waals surface area contributed by atoms with Crippen LogP contribution in [0.15, 0.2) is 30.3 Å². The monoisotopic (exact) mass is 231 g/mol. The topological polar surface area (TPSA) is 0 Å². The smallest absolute Gasteiger partial charge is 0.0128 e. The van der Waals surface area contributed by atoms with Crippen LogP contribution in [0.3, 0.4) is 0 Å². The normalized spacial score (nSPS) is 13.6. The molecular formula is C17H27. The van der Waals surface area contributed by atoms with E-state index in [-0.39, 0.29) is 0 Å². The van der Waals surface area contributed by atoms with E-state index in [1.54, 1.807) is 5.92 Å². The van der Waals surface area contributed by atoms with Crippen LogP contribution >= 0.6 is 0 Å². The highest BCUT2D eigenvalue weighted by Crippen LogP contribution is 2.35. The minimum atomic E-state index is 0.598. The standard InChI is InChI=1S/C17H27/c1-13(2)11-17(12-14(3)4)15(5)16-9-7-6-8-10-16/h6-10,13-15H,11-12H2,1-5H3. The van der Waals surface area contributed by atoms with Crippen molar-refractivity contribution in [2.24, 2.45) is 11.8 Å². The first-order valence-corrected chi connectivity index (χ1v) is 6.90. The fourth-order valence-corrected chi connectivity index (χ4v) is 2.46. The van der Waals surface area contributed by atoms with Crippen molar-refractivity contribution in [3.63, 3.8) is 0 Å². The zero-order valence-electron chi connectivity index (χ0n) is 12.0. The highest BCUT2D eigenvalue weighted by atomic mass is 14.3. The Balaban J connectivity index is 2.75. The summed E-state index contributed by atoms with van der Waals surface area (Å²) in [5.74, 6) is 3.83. The van der Waals surface area contributed by atoms with E-state index in [0.29, 0.717) is 5.92 Å². The van der Waals surface area contributed by atoms with E-state index < -0.39 is 0 Å². The number of rotatable bonds is 6. The molecule has 0 aliphatic heterocycles. The molecule has 1 aromatic rings. The summed E-state index contributed by atoms with van der Waals surface area (Å²) in [7, 11) is 0. The number of hydrogen-bond acceptors (Lipinski definition) is 0. The summed E-state index contributed by atoms with van der Waals surface area (Å²) in [6, 6.07) is 10.9. The molecule has 0 heterocycles. The van der Waals surface area contributed by atoms with Gasteiger partial charge in [-0.25, -0.2) is 0 Å². The predicted molar refractivity (Wildman–Crippen MR) is 77.0 cm³/mol. The predicted octanol–water partition coefficient (Wildman–Crippen LogP) is 5.46. The molecule has 17 heavy (non-hydrogen) atoms. The Labute approximate surface area is 107 Å². The van der Waals surface area contributed by atoms with Crippen LogP contribution < -0.4 is 0 Å². The average molecular weight is 231 g/mol. The Morgan fingerprint density at radius 2 is 1.29 bits per heavy atom. The minimum Gasteiger partial charge on any atom is -0.0628 e. The lowest BCUT2D eigenvalue weighted by molar-refractivity contribution is 0.468. The van der Waals surface area contributed by atoms with Gasteiger partial charge in [0.25, 0.3) is 0 Å². The van der Waals surface area contributed by atoms with Gasteiger partial charge in [-0.3, -0.25) is 0 Å². The molecule has 1 atom stereocenters. The zero-order chi connectivity index (χ0) is 12.8. The summed E-state index contributed by atoms with van der Waals surface area (Å²) >= 11 is 0. The van der Waals surface area contributed by atoms with Crippen LogP contribution in [0.25, 0.3) is 0 Å². The molecule has 0 spiro atoms. The highest BCUT2D eigenvalue weighted by Gasteiger charge is 2.21. The van der Waals surface area contributed by atoms with Crippen LogP contribution in [0, 0.1) is 17.8 Å². The fourth-order valence-electron chi connectivity index (χ4n) is 2.46. The highest BCUT2D eigenvalue weighted by molar-refractivity contribution is 5.25. The van der Waals surface area contributed by atoms with Crippen LogP contribution in [0.1, 0.15) is 58.9 Å². The summed E-state index contributed by atoms with van der Waals surface area (Å²) in [5.41, 5.74) is 1.46. The van der Waals surface area contributed by atoms with Crippen molar-refractivity contribution in [3.8, 4) is 0 Å². The van der Waals surface area contributed by atoms with Crippen LogP contribution in [0.5, 0.6) is 0 Å². The Morgan fingerprint density at radius 3 is 1.71 bits per heavy atom. The molecular weight excluding hydrogens is 204 g/mol. The molecule has 0 aliphatic carbocycles. The largest absolute Gasteiger partial charge is 0.0628 e. The fraction of sp³-hybridized carbons (Fsp3) is 0.588. The van der Waals surface area contributed by atoms with Gasteiger partial charge < -0.3 is 0 Å². The van der Waals surface area contributed by atoms with Crippen molar-refractivity contribution >= 4 is 0 Å². The lowest BCUT2D eigenvalue weighted by Gasteiger charge is -2.27. The summed E-state index contributed by atoms with van der Waals surface area (Å²) in [6.07, 6.45) is 2.52. The Bertz CT molecular complexity index is 287. The van der Waals surface area contributed by atoms with Gasteiger partial charge in [0.05, 0.1) is 0 Å². The molecule has 1 radical (unpaired) electrons. The maximum absolute atomic E-state index is 2.36. The molecule has 1 rings (SSSR count). The molecule has 0 saturated carbocycles. The molecule has 0 nitrogen and oxygen atoms in total. The van der Waals surface area contributed by atoms with Crippen molar-refractivity contribution in [1.29, 1.82) is 0 Å². The van der Waals surface area contributed by atoms with Gasteiger partial charge in [0.1, 0.15) is 0 Å². The van der Waals surface area contributed by atoms with E-state index in [4.69, 9.17) is 0 Å². The summed E-state index contributed by atoms with van der Waals surface area (Å²) < 4.78 is 0.